The van der Waals surface area contributed by atoms with Crippen LogP contribution in [0.1, 0.15) is 30.1 Å². The van der Waals surface area contributed by atoms with Crippen molar-refractivity contribution >= 4 is 11.8 Å². The molecule has 28 heavy (non-hydrogen) atoms. The largest absolute Gasteiger partial charge is 0.383 e. The third-order valence-electron chi connectivity index (χ3n) is 6.96. The molecule has 4 rings (SSSR count). The highest BCUT2D eigenvalue weighted by atomic mass is 16.5. The van der Waals surface area contributed by atoms with E-state index in [0.717, 1.165) is 39.0 Å². The fourth-order valence-electron chi connectivity index (χ4n) is 5.58. The van der Waals surface area contributed by atoms with Crippen LogP contribution in [0.25, 0.3) is 0 Å². The summed E-state index contributed by atoms with van der Waals surface area (Å²) in [7, 11) is 1.72. The lowest BCUT2D eigenvalue weighted by molar-refractivity contribution is -0.135. The molecule has 0 radical (unpaired) electrons. The minimum Gasteiger partial charge on any atom is -0.383 e. The Morgan fingerprint density at radius 1 is 1.32 bits per heavy atom. The zero-order valence-corrected chi connectivity index (χ0v) is 16.8. The van der Waals surface area contributed by atoms with Gasteiger partial charge in [0.15, 0.2) is 0 Å². The summed E-state index contributed by atoms with van der Waals surface area (Å²) in [5.74, 6) is 0.796. The molecule has 7 heteroatoms. The Morgan fingerprint density at radius 2 is 2.11 bits per heavy atom. The molecule has 2 atom stereocenters. The van der Waals surface area contributed by atoms with E-state index in [-0.39, 0.29) is 17.4 Å². The van der Waals surface area contributed by atoms with Gasteiger partial charge >= 0.3 is 0 Å². The highest BCUT2D eigenvalue weighted by molar-refractivity contribution is 5.94. The van der Waals surface area contributed by atoms with Gasteiger partial charge in [-0.1, -0.05) is 0 Å². The highest BCUT2D eigenvalue weighted by Crippen LogP contribution is 2.49. The van der Waals surface area contributed by atoms with Crippen LogP contribution >= 0.6 is 0 Å². The van der Waals surface area contributed by atoms with E-state index in [0.29, 0.717) is 37.1 Å². The van der Waals surface area contributed by atoms with E-state index in [2.05, 4.69) is 21.7 Å². The molecule has 0 aromatic carbocycles. The van der Waals surface area contributed by atoms with Gasteiger partial charge in [-0.15, -0.1) is 0 Å². The Labute approximate surface area is 166 Å². The Hall–Kier alpha value is -1.99. The summed E-state index contributed by atoms with van der Waals surface area (Å²) in [6.07, 6.45) is 5.03. The molecule has 0 saturated carbocycles. The molecule has 1 aromatic heterocycles. The Kier molecular flexibility index (Phi) is 5.38. The molecule has 2 amide bonds. The fraction of sp³-hybridized carbons (Fsp3) is 0.667. The Balaban J connectivity index is 1.49. The fourth-order valence-corrected chi connectivity index (χ4v) is 5.58. The number of amides is 2. The number of hydrogen-bond acceptors (Lipinski definition) is 5. The standard InChI is InChI=1S/C21H30N4O3/c1-3-25-20(27)17-14-23(11-12-28-2)15-18(17)21(25)6-9-24(10-7-21)19(26)16-5-4-8-22-13-16/h4-5,8,13,17-18H,3,6-7,9-12,14-15H2,1-2H3/t17-,18+/m1/s1. The van der Waals surface area contributed by atoms with Crippen molar-refractivity contribution < 1.29 is 14.3 Å². The van der Waals surface area contributed by atoms with E-state index in [1.807, 2.05) is 11.0 Å². The number of likely N-dealkylation sites (tertiary alicyclic amines) is 3. The summed E-state index contributed by atoms with van der Waals surface area (Å²) in [6.45, 7) is 7.58. The molecule has 4 heterocycles. The monoisotopic (exact) mass is 386 g/mol. The first kappa shape index (κ1) is 19.3. The van der Waals surface area contributed by atoms with Gasteiger partial charge in [0, 0.05) is 64.7 Å². The molecule has 3 aliphatic rings. The summed E-state index contributed by atoms with van der Waals surface area (Å²) in [4.78, 5) is 36.4. The van der Waals surface area contributed by atoms with Crippen molar-refractivity contribution in [2.45, 2.75) is 25.3 Å². The number of carbonyl (C=O) groups is 2. The van der Waals surface area contributed by atoms with E-state index in [4.69, 9.17) is 4.74 Å². The summed E-state index contributed by atoms with van der Waals surface area (Å²) in [5.41, 5.74) is 0.530. The van der Waals surface area contributed by atoms with Crippen LogP contribution < -0.4 is 0 Å². The number of fused-ring (bicyclic) bond motifs is 2. The van der Waals surface area contributed by atoms with E-state index < -0.39 is 0 Å². The molecule has 3 aliphatic heterocycles. The van der Waals surface area contributed by atoms with Gasteiger partial charge in [-0.2, -0.15) is 0 Å². The minimum absolute atomic E-state index is 0.0417. The minimum atomic E-state index is -0.107. The van der Waals surface area contributed by atoms with Crippen molar-refractivity contribution in [1.29, 1.82) is 0 Å². The molecule has 1 spiro atoms. The van der Waals surface area contributed by atoms with Crippen molar-refractivity contribution in [2.24, 2.45) is 11.8 Å². The quantitative estimate of drug-likeness (QED) is 0.759. The molecular weight excluding hydrogens is 356 g/mol. The predicted octanol–water partition coefficient (Wildman–Crippen LogP) is 1.11. The smallest absolute Gasteiger partial charge is 0.255 e. The molecule has 0 bridgehead atoms. The Morgan fingerprint density at radius 3 is 2.75 bits per heavy atom. The molecular formula is C21H30N4O3. The average Bonchev–Trinajstić information content (AvgIpc) is 3.25. The summed E-state index contributed by atoms with van der Waals surface area (Å²) < 4.78 is 5.23. The van der Waals surface area contributed by atoms with Crippen LogP contribution in [0.3, 0.4) is 0 Å². The molecule has 152 valence electrons. The highest BCUT2D eigenvalue weighted by Gasteiger charge is 2.61. The topological polar surface area (TPSA) is 66.0 Å². The maximum absolute atomic E-state index is 13.1. The molecule has 0 aliphatic carbocycles. The van der Waals surface area contributed by atoms with Crippen LogP contribution in [-0.2, 0) is 9.53 Å². The number of hydrogen-bond donors (Lipinski definition) is 0. The van der Waals surface area contributed by atoms with Crippen LogP contribution in [0.4, 0.5) is 0 Å². The first-order valence-electron chi connectivity index (χ1n) is 10.3. The van der Waals surface area contributed by atoms with E-state index in [1.165, 1.54) is 0 Å². The number of methoxy groups -OCH3 is 1. The maximum atomic E-state index is 13.1. The van der Waals surface area contributed by atoms with Gasteiger partial charge in [0.1, 0.15) is 0 Å². The van der Waals surface area contributed by atoms with Gasteiger partial charge in [0.2, 0.25) is 5.91 Å². The number of aromatic nitrogens is 1. The van der Waals surface area contributed by atoms with E-state index in [1.54, 1.807) is 25.6 Å². The average molecular weight is 386 g/mol. The summed E-state index contributed by atoms with van der Waals surface area (Å²) in [6, 6.07) is 3.61. The zero-order valence-electron chi connectivity index (χ0n) is 16.8. The summed E-state index contributed by atoms with van der Waals surface area (Å²) >= 11 is 0. The third kappa shape index (κ3) is 3.10. The van der Waals surface area contributed by atoms with Crippen LogP contribution in [0.2, 0.25) is 0 Å². The second kappa shape index (κ2) is 7.79. The molecule has 1 aromatic rings. The predicted molar refractivity (Wildman–Crippen MR) is 105 cm³/mol. The van der Waals surface area contributed by atoms with Crippen molar-refractivity contribution in [3.8, 4) is 0 Å². The molecule has 3 fully saturated rings. The molecule has 0 unspecified atom stereocenters. The maximum Gasteiger partial charge on any atom is 0.255 e. The first-order chi connectivity index (χ1) is 13.6. The lowest BCUT2D eigenvalue weighted by atomic mass is 9.74. The lowest BCUT2D eigenvalue weighted by Crippen LogP contribution is -2.57. The lowest BCUT2D eigenvalue weighted by Gasteiger charge is -2.47. The number of carbonyl (C=O) groups excluding carboxylic acids is 2. The van der Waals surface area contributed by atoms with Gasteiger partial charge in [-0.25, -0.2) is 0 Å². The Bertz CT molecular complexity index is 718. The van der Waals surface area contributed by atoms with Gasteiger partial charge in [0.05, 0.1) is 23.6 Å². The summed E-state index contributed by atoms with van der Waals surface area (Å²) in [5, 5.41) is 0. The van der Waals surface area contributed by atoms with Gasteiger partial charge in [-0.05, 0) is 31.9 Å². The van der Waals surface area contributed by atoms with Crippen molar-refractivity contribution in [1.82, 2.24) is 19.7 Å². The molecule has 0 N–H and O–H groups in total. The van der Waals surface area contributed by atoms with Gasteiger partial charge < -0.3 is 14.5 Å². The van der Waals surface area contributed by atoms with E-state index in [9.17, 15) is 9.59 Å². The number of rotatable bonds is 5. The van der Waals surface area contributed by atoms with Crippen LogP contribution in [0.15, 0.2) is 24.5 Å². The second-order valence-electron chi connectivity index (χ2n) is 8.19. The van der Waals surface area contributed by atoms with Gasteiger partial charge in [-0.3, -0.25) is 19.5 Å². The van der Waals surface area contributed by atoms with Crippen molar-refractivity contribution in [3.63, 3.8) is 0 Å². The van der Waals surface area contributed by atoms with Gasteiger partial charge in [0.25, 0.3) is 5.91 Å². The van der Waals surface area contributed by atoms with Crippen LogP contribution in [-0.4, -0.2) is 90.0 Å². The number of nitrogens with zero attached hydrogens (tertiary/aromatic N) is 4. The number of piperidine rings is 1. The third-order valence-corrected chi connectivity index (χ3v) is 6.96. The SMILES string of the molecule is CCN1C(=O)[C@@H]2CN(CCOC)C[C@@H]2C12CCN(C(=O)c1cccnc1)CC2. The molecule has 7 nitrogen and oxygen atoms in total. The second-order valence-corrected chi connectivity index (χ2v) is 8.19. The van der Waals surface area contributed by atoms with Crippen LogP contribution in [0.5, 0.6) is 0 Å². The van der Waals surface area contributed by atoms with Crippen molar-refractivity contribution in [2.75, 3.05) is 53.0 Å². The normalized spacial score (nSPS) is 26.9. The van der Waals surface area contributed by atoms with E-state index >= 15 is 0 Å². The van der Waals surface area contributed by atoms with Crippen molar-refractivity contribution in [3.05, 3.63) is 30.1 Å². The zero-order chi connectivity index (χ0) is 19.7. The number of ether oxygens (including phenoxy) is 1. The van der Waals surface area contributed by atoms with Crippen LogP contribution in [0, 0.1) is 11.8 Å². The first-order valence-corrected chi connectivity index (χ1v) is 10.3. The molecule has 3 saturated heterocycles. The number of pyridine rings is 1.